The summed E-state index contributed by atoms with van der Waals surface area (Å²) >= 11 is 0. The molecule has 1 saturated carbocycles. The van der Waals surface area contributed by atoms with E-state index in [1.807, 2.05) is 48.7 Å². The van der Waals surface area contributed by atoms with E-state index in [4.69, 9.17) is 4.74 Å². The number of carbonyl (C=O) groups is 3. The number of methoxy groups -OCH3 is 1. The molecule has 7 heteroatoms. The summed E-state index contributed by atoms with van der Waals surface area (Å²) in [5.41, 5.74) is 3.17. The van der Waals surface area contributed by atoms with Gasteiger partial charge >= 0.3 is 0 Å². The van der Waals surface area contributed by atoms with E-state index in [0.717, 1.165) is 35.7 Å². The third-order valence-electron chi connectivity index (χ3n) is 5.43. The molecular weight excluding hydrogens is 358 g/mol. The van der Waals surface area contributed by atoms with E-state index in [2.05, 4.69) is 5.32 Å². The van der Waals surface area contributed by atoms with Crippen molar-refractivity contribution in [2.24, 2.45) is 0 Å². The Morgan fingerprint density at radius 3 is 2.57 bits per heavy atom. The number of hydrogen-bond donors (Lipinski definition) is 1. The predicted octanol–water partition coefficient (Wildman–Crippen LogP) is 2.12. The van der Waals surface area contributed by atoms with Gasteiger partial charge in [0.1, 0.15) is 11.8 Å². The lowest BCUT2D eigenvalue weighted by Gasteiger charge is -2.26. The summed E-state index contributed by atoms with van der Waals surface area (Å²) in [7, 11) is 1.62. The van der Waals surface area contributed by atoms with Gasteiger partial charge in [-0.3, -0.25) is 19.7 Å². The number of nitrogens with zero attached hydrogens (tertiary/aromatic N) is 2. The van der Waals surface area contributed by atoms with Gasteiger partial charge in [-0.15, -0.1) is 0 Å². The molecule has 1 atom stereocenters. The SMILES string of the molecule is COc1cccc(-n2c(C)cc(C(=O)N(C3CC3)[C@H]3CC(=O)NC3=O)c2C)c1. The van der Waals surface area contributed by atoms with Gasteiger partial charge in [0, 0.05) is 29.2 Å². The molecule has 1 aromatic carbocycles. The molecule has 1 aromatic heterocycles. The van der Waals surface area contributed by atoms with Crippen LogP contribution in [0.1, 0.15) is 41.0 Å². The summed E-state index contributed by atoms with van der Waals surface area (Å²) in [4.78, 5) is 38.9. The third kappa shape index (κ3) is 3.06. The van der Waals surface area contributed by atoms with Crippen molar-refractivity contribution < 1.29 is 19.1 Å². The molecule has 1 aliphatic heterocycles. The topological polar surface area (TPSA) is 80.6 Å². The first-order valence-electron chi connectivity index (χ1n) is 9.40. The molecule has 7 nitrogen and oxygen atoms in total. The van der Waals surface area contributed by atoms with Crippen LogP contribution in [0.5, 0.6) is 5.75 Å². The number of benzene rings is 1. The molecule has 0 unspecified atom stereocenters. The maximum absolute atomic E-state index is 13.4. The lowest BCUT2D eigenvalue weighted by Crippen LogP contribution is -2.46. The van der Waals surface area contributed by atoms with Crippen molar-refractivity contribution in [3.05, 3.63) is 47.3 Å². The van der Waals surface area contributed by atoms with E-state index in [9.17, 15) is 14.4 Å². The number of ether oxygens (including phenoxy) is 1. The van der Waals surface area contributed by atoms with Gasteiger partial charge in [0.2, 0.25) is 11.8 Å². The predicted molar refractivity (Wildman–Crippen MR) is 103 cm³/mol. The molecule has 0 radical (unpaired) electrons. The van der Waals surface area contributed by atoms with Crippen LogP contribution in [0.3, 0.4) is 0 Å². The molecule has 0 spiro atoms. The number of hydrogen-bond acceptors (Lipinski definition) is 4. The normalized spacial score (nSPS) is 18.9. The minimum Gasteiger partial charge on any atom is -0.497 e. The Kier molecular flexibility index (Phi) is 4.45. The average molecular weight is 381 g/mol. The number of aromatic nitrogens is 1. The Balaban J connectivity index is 1.71. The second kappa shape index (κ2) is 6.82. The molecule has 2 aliphatic rings. The van der Waals surface area contributed by atoms with E-state index >= 15 is 0 Å². The van der Waals surface area contributed by atoms with E-state index in [1.54, 1.807) is 12.0 Å². The molecule has 1 saturated heterocycles. The first-order valence-corrected chi connectivity index (χ1v) is 9.40. The number of aryl methyl sites for hydroxylation is 1. The van der Waals surface area contributed by atoms with Crippen molar-refractivity contribution in [1.82, 2.24) is 14.8 Å². The number of carbonyl (C=O) groups excluding carboxylic acids is 3. The van der Waals surface area contributed by atoms with Crippen molar-refractivity contribution >= 4 is 17.7 Å². The molecule has 1 aliphatic carbocycles. The van der Waals surface area contributed by atoms with Gasteiger partial charge in [0.15, 0.2) is 0 Å². The van der Waals surface area contributed by atoms with Crippen LogP contribution in [0.15, 0.2) is 30.3 Å². The van der Waals surface area contributed by atoms with Gasteiger partial charge in [-0.1, -0.05) is 6.07 Å². The van der Waals surface area contributed by atoms with Gasteiger partial charge in [0.05, 0.1) is 19.1 Å². The van der Waals surface area contributed by atoms with E-state index in [-0.39, 0.29) is 30.2 Å². The minimum atomic E-state index is -0.715. The second-order valence-corrected chi connectivity index (χ2v) is 7.40. The summed E-state index contributed by atoms with van der Waals surface area (Å²) in [6, 6.07) is 8.80. The van der Waals surface area contributed by atoms with Gasteiger partial charge < -0.3 is 14.2 Å². The third-order valence-corrected chi connectivity index (χ3v) is 5.43. The van der Waals surface area contributed by atoms with Gasteiger partial charge in [-0.2, -0.15) is 0 Å². The van der Waals surface area contributed by atoms with Crippen molar-refractivity contribution in [2.45, 2.75) is 45.2 Å². The van der Waals surface area contributed by atoms with Crippen LogP contribution in [0, 0.1) is 13.8 Å². The molecule has 28 heavy (non-hydrogen) atoms. The maximum Gasteiger partial charge on any atom is 0.256 e. The van der Waals surface area contributed by atoms with Crippen LogP contribution < -0.4 is 10.1 Å². The summed E-state index contributed by atoms with van der Waals surface area (Å²) in [5.74, 6) is -0.166. The molecule has 4 rings (SSSR count). The van der Waals surface area contributed by atoms with Crippen LogP contribution in [-0.4, -0.2) is 46.4 Å². The molecular formula is C21H23N3O4. The van der Waals surface area contributed by atoms with Crippen molar-refractivity contribution in [3.8, 4) is 11.4 Å². The van der Waals surface area contributed by atoms with Crippen molar-refractivity contribution in [2.75, 3.05) is 7.11 Å². The smallest absolute Gasteiger partial charge is 0.256 e. The molecule has 2 heterocycles. The van der Waals surface area contributed by atoms with Crippen LogP contribution in [-0.2, 0) is 9.59 Å². The zero-order valence-corrected chi connectivity index (χ0v) is 16.2. The highest BCUT2D eigenvalue weighted by molar-refractivity contribution is 6.08. The summed E-state index contributed by atoms with van der Waals surface area (Å²) < 4.78 is 7.31. The first kappa shape index (κ1) is 18.3. The quantitative estimate of drug-likeness (QED) is 0.805. The average Bonchev–Trinajstić information content (AvgIpc) is 3.38. The maximum atomic E-state index is 13.4. The van der Waals surface area contributed by atoms with Crippen LogP contribution in [0.25, 0.3) is 5.69 Å². The number of amides is 3. The molecule has 2 aromatic rings. The first-order chi connectivity index (χ1) is 13.4. The van der Waals surface area contributed by atoms with E-state index in [1.165, 1.54) is 0 Å². The number of nitrogens with one attached hydrogen (secondary N) is 1. The largest absolute Gasteiger partial charge is 0.497 e. The molecule has 3 amide bonds. The minimum absolute atomic E-state index is 0.0222. The van der Waals surface area contributed by atoms with Crippen LogP contribution in [0.2, 0.25) is 0 Å². The number of rotatable bonds is 5. The molecule has 2 fully saturated rings. The van der Waals surface area contributed by atoms with Gasteiger partial charge in [0.25, 0.3) is 5.91 Å². The number of imide groups is 1. The fourth-order valence-corrected chi connectivity index (χ4v) is 3.94. The Morgan fingerprint density at radius 1 is 1.21 bits per heavy atom. The summed E-state index contributed by atoms with van der Waals surface area (Å²) in [6.45, 7) is 3.83. The molecule has 146 valence electrons. The summed E-state index contributed by atoms with van der Waals surface area (Å²) in [5, 5.41) is 2.32. The molecule has 0 bridgehead atoms. The lowest BCUT2D eigenvalue weighted by atomic mass is 10.1. The van der Waals surface area contributed by atoms with Gasteiger partial charge in [-0.05, 0) is 44.9 Å². The Labute approximate surface area is 163 Å². The van der Waals surface area contributed by atoms with Gasteiger partial charge in [-0.25, -0.2) is 0 Å². The van der Waals surface area contributed by atoms with Crippen LogP contribution in [0.4, 0.5) is 0 Å². The monoisotopic (exact) mass is 381 g/mol. The zero-order chi connectivity index (χ0) is 20.0. The Hall–Kier alpha value is -3.09. The van der Waals surface area contributed by atoms with Crippen molar-refractivity contribution in [1.29, 1.82) is 0 Å². The van der Waals surface area contributed by atoms with Crippen molar-refractivity contribution in [3.63, 3.8) is 0 Å². The van der Waals surface area contributed by atoms with E-state index in [0.29, 0.717) is 5.56 Å². The van der Waals surface area contributed by atoms with Crippen LogP contribution >= 0.6 is 0 Å². The highest BCUT2D eigenvalue weighted by atomic mass is 16.5. The standard InChI is InChI=1S/C21H23N3O4/c1-12-9-17(13(2)23(12)15-5-4-6-16(10-15)28-3)21(27)24(14-7-8-14)18-11-19(25)22-20(18)26/h4-6,9-10,14,18H,7-8,11H2,1-3H3,(H,22,25,26)/t18-/m0/s1. The lowest BCUT2D eigenvalue weighted by molar-refractivity contribution is -0.126. The fraction of sp³-hybridized carbons (Fsp3) is 0.381. The fourth-order valence-electron chi connectivity index (χ4n) is 3.94. The zero-order valence-electron chi connectivity index (χ0n) is 16.2. The Morgan fingerprint density at radius 2 is 1.96 bits per heavy atom. The molecule has 1 N–H and O–H groups in total. The van der Waals surface area contributed by atoms with E-state index < -0.39 is 6.04 Å². The summed E-state index contributed by atoms with van der Waals surface area (Å²) in [6.07, 6.45) is 1.76. The second-order valence-electron chi connectivity index (χ2n) is 7.40. The highest BCUT2D eigenvalue weighted by Crippen LogP contribution is 2.34. The highest BCUT2D eigenvalue weighted by Gasteiger charge is 2.45. The Bertz CT molecular complexity index is 974.